The first-order valence-electron chi connectivity index (χ1n) is 11.1. The molecule has 1 saturated heterocycles. The minimum Gasteiger partial charge on any atom is -0.392 e. The second-order valence-electron chi connectivity index (χ2n) is 8.54. The van der Waals surface area contributed by atoms with Crippen molar-refractivity contribution in [3.8, 4) is 23.2 Å². The van der Waals surface area contributed by atoms with Crippen LogP contribution in [0.25, 0.3) is 11.3 Å². The van der Waals surface area contributed by atoms with Crippen LogP contribution < -0.4 is 0 Å². The highest BCUT2D eigenvalue weighted by Gasteiger charge is 2.18. The molecule has 7 heteroatoms. The van der Waals surface area contributed by atoms with Crippen LogP contribution in [0.1, 0.15) is 49.9 Å². The van der Waals surface area contributed by atoms with E-state index in [1.165, 1.54) is 0 Å². The third-order valence-corrected chi connectivity index (χ3v) is 5.71. The minimum atomic E-state index is -0.637. The fourth-order valence-electron chi connectivity index (χ4n) is 4.06. The summed E-state index contributed by atoms with van der Waals surface area (Å²) in [7, 11) is 0. The Bertz CT molecular complexity index is 1060. The van der Waals surface area contributed by atoms with E-state index in [-0.39, 0.29) is 6.10 Å². The van der Waals surface area contributed by atoms with E-state index in [9.17, 15) is 10.2 Å². The number of hydrogen-bond donors (Lipinski definition) is 2. The number of rotatable bonds is 6. The normalized spacial score (nSPS) is 17.0. The van der Waals surface area contributed by atoms with Crippen molar-refractivity contribution in [3.63, 3.8) is 0 Å². The van der Waals surface area contributed by atoms with Gasteiger partial charge in [-0.25, -0.2) is 4.98 Å². The molecule has 1 fully saturated rings. The Morgan fingerprint density at radius 1 is 1.16 bits per heavy atom. The van der Waals surface area contributed by atoms with Crippen molar-refractivity contribution in [2.45, 2.75) is 45.4 Å². The van der Waals surface area contributed by atoms with E-state index in [2.05, 4.69) is 26.9 Å². The maximum absolute atomic E-state index is 9.80. The molecule has 2 N–H and O–H groups in total. The first-order valence-corrected chi connectivity index (χ1v) is 11.1. The van der Waals surface area contributed by atoms with E-state index in [0.717, 1.165) is 49.3 Å². The maximum atomic E-state index is 9.80. The molecule has 1 unspecified atom stereocenters. The standard InChI is InChI=1S/C25H30N4O3/c1-18(30)16-28-12-9-21(10-13-28)4-3-20-5-7-22(8-6-20)24-15-23(27-32-24)17-29-14-11-26-25(29)19(2)31/h5-8,11,14-15,18-19,21,30-31H,9-10,12-13,16-17H2,1-2H3/t18?,19-/m0/s1. The van der Waals surface area contributed by atoms with Gasteiger partial charge in [-0.1, -0.05) is 17.0 Å². The molecule has 0 saturated carbocycles. The Morgan fingerprint density at radius 2 is 1.91 bits per heavy atom. The van der Waals surface area contributed by atoms with Crippen molar-refractivity contribution in [3.05, 3.63) is 59.8 Å². The highest BCUT2D eigenvalue weighted by molar-refractivity contribution is 5.59. The number of imidazole rings is 1. The lowest BCUT2D eigenvalue weighted by Crippen LogP contribution is -2.37. The van der Waals surface area contributed by atoms with Gasteiger partial charge < -0.3 is 24.2 Å². The molecule has 1 aliphatic rings. The van der Waals surface area contributed by atoms with Crippen molar-refractivity contribution >= 4 is 0 Å². The van der Waals surface area contributed by atoms with E-state index >= 15 is 0 Å². The molecular weight excluding hydrogens is 404 g/mol. The molecule has 0 aliphatic carbocycles. The van der Waals surface area contributed by atoms with E-state index in [1.54, 1.807) is 13.1 Å². The van der Waals surface area contributed by atoms with Crippen LogP contribution in [0.3, 0.4) is 0 Å². The smallest absolute Gasteiger partial charge is 0.167 e. The van der Waals surface area contributed by atoms with Gasteiger partial charge in [0.2, 0.25) is 0 Å². The van der Waals surface area contributed by atoms with Crippen molar-refractivity contribution < 1.29 is 14.7 Å². The van der Waals surface area contributed by atoms with E-state index < -0.39 is 6.10 Å². The van der Waals surface area contributed by atoms with Gasteiger partial charge >= 0.3 is 0 Å². The average Bonchev–Trinajstić information content (AvgIpc) is 3.43. The van der Waals surface area contributed by atoms with Crippen LogP contribution in [0.2, 0.25) is 0 Å². The van der Waals surface area contributed by atoms with Crippen LogP contribution in [0.4, 0.5) is 0 Å². The molecule has 2 aromatic heterocycles. The number of piperidine rings is 1. The zero-order valence-corrected chi connectivity index (χ0v) is 18.6. The van der Waals surface area contributed by atoms with Gasteiger partial charge in [-0.3, -0.25) is 0 Å². The van der Waals surface area contributed by atoms with Crippen LogP contribution >= 0.6 is 0 Å². The Kier molecular flexibility index (Phi) is 7.05. The Balaban J connectivity index is 1.35. The summed E-state index contributed by atoms with van der Waals surface area (Å²) in [6.45, 7) is 6.75. The number of likely N-dealkylation sites (tertiary alicyclic amines) is 1. The SMILES string of the molecule is CC(O)CN1CCC(C#Cc2ccc(-c3cc(Cn4ccnc4[C@H](C)O)no3)cc2)CC1. The minimum absolute atomic E-state index is 0.274. The number of aromatic nitrogens is 3. The van der Waals surface area contributed by atoms with Gasteiger partial charge in [0.15, 0.2) is 5.76 Å². The van der Waals surface area contributed by atoms with E-state index in [1.807, 2.05) is 48.0 Å². The summed E-state index contributed by atoms with van der Waals surface area (Å²) in [5.74, 6) is 8.42. The number of benzene rings is 1. The van der Waals surface area contributed by atoms with Gasteiger partial charge in [-0.05, 0) is 64.0 Å². The van der Waals surface area contributed by atoms with Gasteiger partial charge in [-0.2, -0.15) is 0 Å². The van der Waals surface area contributed by atoms with Crippen LogP contribution in [-0.2, 0) is 6.54 Å². The lowest BCUT2D eigenvalue weighted by Gasteiger charge is -2.30. The summed E-state index contributed by atoms with van der Waals surface area (Å²) in [6, 6.07) is 9.92. The monoisotopic (exact) mass is 434 g/mol. The van der Waals surface area contributed by atoms with Crippen molar-refractivity contribution in [1.82, 2.24) is 19.6 Å². The molecule has 0 amide bonds. The van der Waals surface area contributed by atoms with Crippen molar-refractivity contribution in [2.24, 2.45) is 5.92 Å². The molecule has 0 radical (unpaired) electrons. The van der Waals surface area contributed by atoms with Crippen LogP contribution in [0, 0.1) is 17.8 Å². The number of hydrogen-bond acceptors (Lipinski definition) is 6. The number of nitrogens with zero attached hydrogens (tertiary/aromatic N) is 4. The Hall–Kier alpha value is -2.92. The topological polar surface area (TPSA) is 87.5 Å². The second-order valence-corrected chi connectivity index (χ2v) is 8.54. The molecule has 3 aromatic rings. The summed E-state index contributed by atoms with van der Waals surface area (Å²) in [6.07, 6.45) is 4.67. The number of aliphatic hydroxyl groups is 2. The fourth-order valence-corrected chi connectivity index (χ4v) is 4.06. The first kappa shape index (κ1) is 22.3. The van der Waals surface area contributed by atoms with E-state index in [0.29, 0.717) is 24.0 Å². The van der Waals surface area contributed by atoms with Gasteiger partial charge in [0, 0.05) is 42.0 Å². The molecule has 7 nitrogen and oxygen atoms in total. The predicted molar refractivity (Wildman–Crippen MR) is 122 cm³/mol. The van der Waals surface area contributed by atoms with E-state index in [4.69, 9.17) is 4.52 Å². The zero-order valence-electron chi connectivity index (χ0n) is 18.6. The van der Waals surface area contributed by atoms with Gasteiger partial charge in [0.25, 0.3) is 0 Å². The Labute approximate surface area is 188 Å². The number of aliphatic hydroxyl groups excluding tert-OH is 2. The molecule has 32 heavy (non-hydrogen) atoms. The summed E-state index contributed by atoms with van der Waals surface area (Å²) >= 11 is 0. The Morgan fingerprint density at radius 3 is 2.59 bits per heavy atom. The molecule has 1 aromatic carbocycles. The highest BCUT2D eigenvalue weighted by atomic mass is 16.5. The van der Waals surface area contributed by atoms with Crippen LogP contribution in [0.15, 0.2) is 47.2 Å². The van der Waals surface area contributed by atoms with Gasteiger partial charge in [0.1, 0.15) is 17.6 Å². The lowest BCUT2D eigenvalue weighted by atomic mass is 9.96. The molecule has 3 heterocycles. The largest absolute Gasteiger partial charge is 0.392 e. The van der Waals surface area contributed by atoms with Gasteiger partial charge in [0.05, 0.1) is 12.6 Å². The predicted octanol–water partition coefficient (Wildman–Crippen LogP) is 3.08. The highest BCUT2D eigenvalue weighted by Crippen LogP contribution is 2.22. The first-order chi connectivity index (χ1) is 15.5. The van der Waals surface area contributed by atoms with Crippen molar-refractivity contribution in [2.75, 3.05) is 19.6 Å². The second kappa shape index (κ2) is 10.1. The molecule has 168 valence electrons. The average molecular weight is 435 g/mol. The molecule has 2 atom stereocenters. The van der Waals surface area contributed by atoms with Gasteiger partial charge in [-0.15, -0.1) is 0 Å². The molecule has 4 rings (SSSR count). The van der Waals surface area contributed by atoms with Crippen molar-refractivity contribution in [1.29, 1.82) is 0 Å². The maximum Gasteiger partial charge on any atom is 0.167 e. The third-order valence-electron chi connectivity index (χ3n) is 5.71. The molecule has 1 aliphatic heterocycles. The van der Waals surface area contributed by atoms with Crippen LogP contribution in [-0.4, -0.2) is 55.6 Å². The molecular formula is C25H30N4O3. The summed E-state index contributed by atoms with van der Waals surface area (Å²) in [5, 5.41) is 23.5. The zero-order chi connectivity index (χ0) is 22.5. The summed E-state index contributed by atoms with van der Waals surface area (Å²) < 4.78 is 7.39. The summed E-state index contributed by atoms with van der Waals surface area (Å²) in [5.41, 5.74) is 2.70. The fraction of sp³-hybridized carbons (Fsp3) is 0.440. The third kappa shape index (κ3) is 5.65. The summed E-state index contributed by atoms with van der Waals surface area (Å²) in [4.78, 5) is 6.49. The van der Waals surface area contributed by atoms with Crippen LogP contribution in [0.5, 0.6) is 0 Å². The molecule has 0 spiro atoms. The molecule has 0 bridgehead atoms. The lowest BCUT2D eigenvalue weighted by molar-refractivity contribution is 0.107. The number of β-amino-alcohol motifs (C(OH)–C–C–N with tert-alkyl or cyclic N) is 1. The quantitative estimate of drug-likeness (QED) is 0.580.